The Morgan fingerprint density at radius 2 is 1.90 bits per heavy atom. The molecule has 2 heterocycles. The molecular weight excluding hydrogens is 416 g/mol. The summed E-state index contributed by atoms with van der Waals surface area (Å²) in [6.45, 7) is 1.60. The van der Waals surface area contributed by atoms with E-state index in [2.05, 4.69) is 10.3 Å². The molecule has 0 aliphatic carbocycles. The lowest BCUT2D eigenvalue weighted by molar-refractivity contribution is -0.138. The summed E-state index contributed by atoms with van der Waals surface area (Å²) in [5.41, 5.74) is 0.257. The molecule has 31 heavy (non-hydrogen) atoms. The monoisotopic (exact) mass is 438 g/mol. The van der Waals surface area contributed by atoms with Gasteiger partial charge in [0.25, 0.3) is 5.91 Å². The number of thiazole rings is 1. The molecule has 1 aromatic heterocycles. The van der Waals surface area contributed by atoms with Crippen molar-refractivity contribution in [1.29, 1.82) is 0 Å². The number of fused-ring (bicyclic) bond motifs is 1. The average Bonchev–Trinajstić information content (AvgIpc) is 3.27. The van der Waals surface area contributed by atoms with Crippen molar-refractivity contribution in [2.75, 3.05) is 20.7 Å². The Labute approximate surface area is 183 Å². The van der Waals surface area contributed by atoms with Gasteiger partial charge in [0.15, 0.2) is 0 Å². The molecule has 1 aliphatic rings. The van der Waals surface area contributed by atoms with Crippen LogP contribution in [0.2, 0.25) is 0 Å². The van der Waals surface area contributed by atoms with Crippen molar-refractivity contribution < 1.29 is 19.1 Å². The van der Waals surface area contributed by atoms with Crippen LogP contribution < -0.4 is 10.1 Å². The molecule has 3 aromatic rings. The summed E-state index contributed by atoms with van der Waals surface area (Å²) in [5, 5.41) is 3.50. The Morgan fingerprint density at radius 1 is 1.19 bits per heavy atom. The van der Waals surface area contributed by atoms with Crippen molar-refractivity contribution in [3.8, 4) is 5.75 Å². The van der Waals surface area contributed by atoms with Crippen LogP contribution in [0, 0.1) is 0 Å². The SMILES string of the molecule is COc1ccc(C2(C)NC(=O)N(CC(=O)N(C)Cc3nc4ccccc4s3)C2=O)cc1. The van der Waals surface area contributed by atoms with Crippen molar-refractivity contribution in [2.24, 2.45) is 0 Å². The first-order valence-electron chi connectivity index (χ1n) is 9.69. The van der Waals surface area contributed by atoms with Crippen LogP contribution in [0.3, 0.4) is 0 Å². The van der Waals surface area contributed by atoms with E-state index >= 15 is 0 Å². The zero-order chi connectivity index (χ0) is 22.2. The van der Waals surface area contributed by atoms with Crippen LogP contribution in [-0.4, -0.2) is 53.3 Å². The lowest BCUT2D eigenvalue weighted by atomic mass is 9.92. The van der Waals surface area contributed by atoms with E-state index in [1.54, 1.807) is 45.3 Å². The van der Waals surface area contributed by atoms with Crippen molar-refractivity contribution in [3.63, 3.8) is 0 Å². The maximum Gasteiger partial charge on any atom is 0.325 e. The summed E-state index contributed by atoms with van der Waals surface area (Å²) >= 11 is 1.51. The average molecular weight is 439 g/mol. The number of carbonyl (C=O) groups excluding carboxylic acids is 3. The number of benzene rings is 2. The van der Waals surface area contributed by atoms with Crippen LogP contribution in [0.25, 0.3) is 10.2 Å². The lowest BCUT2D eigenvalue weighted by Crippen LogP contribution is -2.43. The Morgan fingerprint density at radius 3 is 2.58 bits per heavy atom. The number of nitrogens with zero attached hydrogens (tertiary/aromatic N) is 3. The van der Waals surface area contributed by atoms with Gasteiger partial charge in [-0.2, -0.15) is 0 Å². The Bertz CT molecular complexity index is 1130. The molecule has 2 aromatic carbocycles. The number of nitrogens with one attached hydrogen (secondary N) is 1. The third-order valence-electron chi connectivity index (χ3n) is 5.37. The molecule has 9 heteroatoms. The van der Waals surface area contributed by atoms with E-state index in [0.717, 1.165) is 20.1 Å². The molecule has 4 rings (SSSR count). The maximum absolute atomic E-state index is 13.1. The second-order valence-corrected chi connectivity index (χ2v) is 8.62. The number of aromatic nitrogens is 1. The summed E-state index contributed by atoms with van der Waals surface area (Å²) in [5.74, 6) is -0.168. The third kappa shape index (κ3) is 3.84. The Kier molecular flexibility index (Phi) is 5.36. The summed E-state index contributed by atoms with van der Waals surface area (Å²) in [7, 11) is 3.19. The molecule has 0 saturated carbocycles. The van der Waals surface area contributed by atoms with Crippen molar-refractivity contribution >= 4 is 39.4 Å². The van der Waals surface area contributed by atoms with Gasteiger partial charge < -0.3 is 15.0 Å². The zero-order valence-corrected chi connectivity index (χ0v) is 18.2. The van der Waals surface area contributed by atoms with Gasteiger partial charge in [0.05, 0.1) is 23.9 Å². The predicted molar refractivity (Wildman–Crippen MR) is 117 cm³/mol. The normalized spacial score (nSPS) is 18.4. The van der Waals surface area contributed by atoms with Crippen LogP contribution in [-0.2, 0) is 21.7 Å². The van der Waals surface area contributed by atoms with Crippen molar-refractivity contribution in [3.05, 3.63) is 59.1 Å². The first-order valence-corrected chi connectivity index (χ1v) is 10.5. The van der Waals surface area contributed by atoms with Gasteiger partial charge in [0.1, 0.15) is 22.8 Å². The first-order chi connectivity index (χ1) is 14.8. The minimum absolute atomic E-state index is 0.303. The van der Waals surface area contributed by atoms with E-state index in [0.29, 0.717) is 17.9 Å². The molecule has 0 bridgehead atoms. The fraction of sp³-hybridized carbons (Fsp3) is 0.273. The molecule has 8 nitrogen and oxygen atoms in total. The molecule has 1 saturated heterocycles. The number of amides is 4. The van der Waals surface area contributed by atoms with Gasteiger partial charge in [0, 0.05) is 7.05 Å². The Hall–Kier alpha value is -3.46. The molecule has 0 radical (unpaired) electrons. The third-order valence-corrected chi connectivity index (χ3v) is 6.39. The fourth-order valence-corrected chi connectivity index (χ4v) is 4.52. The van der Waals surface area contributed by atoms with E-state index < -0.39 is 17.5 Å². The number of likely N-dealkylation sites (N-methyl/N-ethyl adjacent to an activating group) is 1. The summed E-state index contributed by atoms with van der Waals surface area (Å²) in [6, 6.07) is 14.1. The fourth-order valence-electron chi connectivity index (χ4n) is 3.50. The quantitative estimate of drug-likeness (QED) is 0.598. The largest absolute Gasteiger partial charge is 0.497 e. The number of ether oxygens (including phenoxy) is 1. The van der Waals surface area contributed by atoms with E-state index in [4.69, 9.17) is 4.74 Å². The van der Waals surface area contributed by atoms with Crippen molar-refractivity contribution in [1.82, 2.24) is 20.1 Å². The highest BCUT2D eigenvalue weighted by Crippen LogP contribution is 2.30. The molecule has 1 unspecified atom stereocenters. The van der Waals surface area contributed by atoms with E-state index in [1.807, 2.05) is 24.3 Å². The molecule has 1 fully saturated rings. The second kappa shape index (κ2) is 7.99. The standard InChI is InChI=1S/C22H22N4O4S/c1-22(14-8-10-15(30-3)11-9-14)20(28)26(21(29)24-22)13-19(27)25(2)12-18-23-16-6-4-5-7-17(16)31-18/h4-11H,12-13H2,1-3H3,(H,24,29). The number of imide groups is 1. The minimum atomic E-state index is -1.24. The minimum Gasteiger partial charge on any atom is -0.497 e. The molecule has 1 aliphatic heterocycles. The number of hydrogen-bond acceptors (Lipinski definition) is 6. The van der Waals surface area contributed by atoms with Gasteiger partial charge in [0.2, 0.25) is 5.91 Å². The van der Waals surface area contributed by atoms with Gasteiger partial charge in [-0.15, -0.1) is 11.3 Å². The van der Waals surface area contributed by atoms with Crippen LogP contribution >= 0.6 is 11.3 Å². The van der Waals surface area contributed by atoms with Crippen LogP contribution in [0.15, 0.2) is 48.5 Å². The van der Waals surface area contributed by atoms with Crippen LogP contribution in [0.4, 0.5) is 4.79 Å². The van der Waals surface area contributed by atoms with E-state index in [9.17, 15) is 14.4 Å². The van der Waals surface area contributed by atoms with Crippen LogP contribution in [0.1, 0.15) is 17.5 Å². The number of methoxy groups -OCH3 is 1. The highest BCUT2D eigenvalue weighted by molar-refractivity contribution is 7.18. The number of hydrogen-bond donors (Lipinski definition) is 1. The van der Waals surface area contributed by atoms with Gasteiger partial charge >= 0.3 is 6.03 Å². The highest BCUT2D eigenvalue weighted by Gasteiger charge is 2.49. The van der Waals surface area contributed by atoms with Gasteiger partial charge in [-0.25, -0.2) is 9.78 Å². The van der Waals surface area contributed by atoms with Gasteiger partial charge in [-0.3, -0.25) is 14.5 Å². The maximum atomic E-state index is 13.1. The number of carbonyl (C=O) groups is 3. The second-order valence-electron chi connectivity index (χ2n) is 7.50. The van der Waals surface area contributed by atoms with Crippen molar-refractivity contribution in [2.45, 2.75) is 19.0 Å². The molecule has 1 atom stereocenters. The molecule has 160 valence electrons. The van der Waals surface area contributed by atoms with E-state index in [1.165, 1.54) is 16.2 Å². The number of urea groups is 1. The van der Waals surface area contributed by atoms with Gasteiger partial charge in [-0.05, 0) is 36.8 Å². The lowest BCUT2D eigenvalue weighted by Gasteiger charge is -2.23. The Balaban J connectivity index is 1.45. The molecular formula is C22H22N4O4S. The molecule has 1 N–H and O–H groups in total. The van der Waals surface area contributed by atoms with Crippen LogP contribution in [0.5, 0.6) is 5.75 Å². The summed E-state index contributed by atoms with van der Waals surface area (Å²) in [6.07, 6.45) is 0. The van der Waals surface area contributed by atoms with E-state index in [-0.39, 0.29) is 12.5 Å². The topological polar surface area (TPSA) is 91.8 Å². The highest BCUT2D eigenvalue weighted by atomic mass is 32.1. The first kappa shape index (κ1) is 20.8. The molecule has 4 amide bonds. The summed E-state index contributed by atoms with van der Waals surface area (Å²) in [4.78, 5) is 45.3. The zero-order valence-electron chi connectivity index (χ0n) is 17.4. The van der Waals surface area contributed by atoms with Gasteiger partial charge in [-0.1, -0.05) is 24.3 Å². The number of para-hydroxylation sites is 1. The number of rotatable bonds is 6. The molecule has 0 spiro atoms. The smallest absolute Gasteiger partial charge is 0.325 e. The predicted octanol–water partition coefficient (Wildman–Crippen LogP) is 2.73. The summed E-state index contributed by atoms with van der Waals surface area (Å²) < 4.78 is 6.19.